The SMILES string of the molecule is COCc1cn2c(Nc3cc([C@@H]4CC[C@H](OC(=O)NC5(C)CC5)[C@H]4F)[nH]n3)ncc(C(F)(F)F)c2n1. The molecule has 194 valence electrons. The number of halogens is 4. The van der Waals surface area contributed by atoms with Crippen molar-refractivity contribution in [1.29, 1.82) is 0 Å². The maximum Gasteiger partial charge on any atom is 0.421 e. The number of alkyl carbamates (subject to hydrolysis) is 1. The van der Waals surface area contributed by atoms with Crippen molar-refractivity contribution in [3.8, 4) is 0 Å². The van der Waals surface area contributed by atoms with Gasteiger partial charge in [-0.05, 0) is 32.6 Å². The highest BCUT2D eigenvalue weighted by Crippen LogP contribution is 2.40. The largest absolute Gasteiger partial charge is 0.443 e. The number of imidazole rings is 1. The van der Waals surface area contributed by atoms with Crippen LogP contribution in [0.2, 0.25) is 0 Å². The van der Waals surface area contributed by atoms with Crippen LogP contribution in [-0.2, 0) is 22.3 Å². The summed E-state index contributed by atoms with van der Waals surface area (Å²) in [5.41, 5.74) is -0.823. The number of hydrogen-bond donors (Lipinski definition) is 3. The third-order valence-corrected chi connectivity index (χ3v) is 6.54. The molecule has 0 saturated heterocycles. The summed E-state index contributed by atoms with van der Waals surface area (Å²) in [5, 5.41) is 12.5. The molecular formula is C22H25F4N7O3. The second-order valence-corrected chi connectivity index (χ2v) is 9.44. The summed E-state index contributed by atoms with van der Waals surface area (Å²) in [6.45, 7) is 1.92. The molecule has 5 rings (SSSR count). The van der Waals surface area contributed by atoms with E-state index >= 15 is 4.39 Å². The van der Waals surface area contributed by atoms with Crippen molar-refractivity contribution in [3.05, 3.63) is 35.4 Å². The first-order chi connectivity index (χ1) is 17.1. The van der Waals surface area contributed by atoms with Crippen molar-refractivity contribution in [2.75, 3.05) is 12.4 Å². The number of rotatable bonds is 7. The molecule has 3 aromatic rings. The topological polar surface area (TPSA) is 118 Å². The minimum Gasteiger partial charge on any atom is -0.443 e. The lowest BCUT2D eigenvalue weighted by Gasteiger charge is -2.19. The molecule has 3 heterocycles. The van der Waals surface area contributed by atoms with Crippen molar-refractivity contribution in [2.24, 2.45) is 0 Å². The minimum absolute atomic E-state index is 0.0189. The second-order valence-electron chi connectivity index (χ2n) is 9.44. The van der Waals surface area contributed by atoms with Gasteiger partial charge in [0.25, 0.3) is 0 Å². The normalized spacial score (nSPS) is 23.1. The van der Waals surface area contributed by atoms with E-state index in [2.05, 4.69) is 30.8 Å². The Morgan fingerprint density at radius 2 is 2.11 bits per heavy atom. The van der Waals surface area contributed by atoms with E-state index in [-0.39, 0.29) is 29.6 Å². The molecule has 10 nitrogen and oxygen atoms in total. The number of carbonyl (C=O) groups excluding carboxylic acids is 1. The van der Waals surface area contributed by atoms with Crippen LogP contribution < -0.4 is 10.6 Å². The van der Waals surface area contributed by atoms with E-state index in [4.69, 9.17) is 9.47 Å². The number of hydrogen-bond acceptors (Lipinski definition) is 7. The first kappa shape index (κ1) is 24.3. The van der Waals surface area contributed by atoms with Crippen LogP contribution in [0.5, 0.6) is 0 Å². The standard InChI is InChI=1S/C22H25F4N7O3/c1-21(5-6-21)30-20(34)36-15-4-3-12(17(15)23)14-7-16(32-31-14)29-19-27-8-13(22(24,25)26)18-28-11(10-35-2)9-33(18)19/h7-9,12,15,17H,3-6,10H2,1-2H3,(H,30,34)(H2,27,29,31,32)/t12-,15-,17-/m0/s1. The Bertz CT molecular complexity index is 1270. The molecule has 36 heavy (non-hydrogen) atoms. The number of methoxy groups -OCH3 is 1. The number of carbonyl (C=O) groups is 1. The van der Waals surface area contributed by atoms with Gasteiger partial charge in [0, 0.05) is 42.7 Å². The Labute approximate surface area is 202 Å². The van der Waals surface area contributed by atoms with Crippen LogP contribution in [0.15, 0.2) is 18.5 Å². The summed E-state index contributed by atoms with van der Waals surface area (Å²) < 4.78 is 66.9. The van der Waals surface area contributed by atoms with Gasteiger partial charge in [0.1, 0.15) is 17.8 Å². The van der Waals surface area contributed by atoms with Crippen LogP contribution in [0.3, 0.4) is 0 Å². The van der Waals surface area contributed by atoms with Crippen LogP contribution in [0.1, 0.15) is 55.5 Å². The van der Waals surface area contributed by atoms with Crippen LogP contribution in [-0.4, -0.2) is 55.6 Å². The Hall–Kier alpha value is -3.42. The van der Waals surface area contributed by atoms with Crippen molar-refractivity contribution in [3.63, 3.8) is 0 Å². The van der Waals surface area contributed by atoms with Gasteiger partial charge in [-0.25, -0.2) is 19.2 Å². The molecule has 3 atom stereocenters. The van der Waals surface area contributed by atoms with E-state index in [9.17, 15) is 18.0 Å². The summed E-state index contributed by atoms with van der Waals surface area (Å²) in [7, 11) is 1.41. The van der Waals surface area contributed by atoms with E-state index < -0.39 is 36.0 Å². The zero-order valence-electron chi connectivity index (χ0n) is 19.5. The van der Waals surface area contributed by atoms with Crippen LogP contribution in [0, 0.1) is 0 Å². The number of aromatic amines is 1. The lowest BCUT2D eigenvalue weighted by molar-refractivity contribution is -0.136. The summed E-state index contributed by atoms with van der Waals surface area (Å²) in [5.74, 6) is -0.304. The third kappa shape index (κ3) is 4.81. The van der Waals surface area contributed by atoms with Gasteiger partial charge in [-0.3, -0.25) is 9.50 Å². The lowest BCUT2D eigenvalue weighted by atomic mass is 10.0. The first-order valence-corrected chi connectivity index (χ1v) is 11.4. The monoisotopic (exact) mass is 511 g/mol. The molecular weight excluding hydrogens is 486 g/mol. The van der Waals surface area contributed by atoms with E-state index in [1.54, 1.807) is 6.07 Å². The van der Waals surface area contributed by atoms with Crippen molar-refractivity contribution >= 4 is 23.5 Å². The number of aromatic nitrogens is 5. The van der Waals surface area contributed by atoms with E-state index in [0.29, 0.717) is 30.4 Å². The van der Waals surface area contributed by atoms with Gasteiger partial charge in [0.2, 0.25) is 5.95 Å². The number of anilines is 2. The number of nitrogens with zero attached hydrogens (tertiary/aromatic N) is 4. The molecule has 1 amide bonds. The average molecular weight is 511 g/mol. The van der Waals surface area contributed by atoms with Gasteiger partial charge in [0.15, 0.2) is 11.5 Å². The molecule has 0 aliphatic heterocycles. The zero-order valence-corrected chi connectivity index (χ0v) is 19.5. The predicted molar refractivity (Wildman–Crippen MR) is 118 cm³/mol. The summed E-state index contributed by atoms with van der Waals surface area (Å²) in [4.78, 5) is 20.0. The third-order valence-electron chi connectivity index (χ3n) is 6.54. The lowest BCUT2D eigenvalue weighted by Crippen LogP contribution is -2.38. The molecule has 14 heteroatoms. The fraction of sp³-hybridized carbons (Fsp3) is 0.545. The zero-order chi connectivity index (χ0) is 25.7. The smallest absolute Gasteiger partial charge is 0.421 e. The summed E-state index contributed by atoms with van der Waals surface area (Å²) in [6.07, 6.45) is -2.97. The molecule has 0 unspecified atom stereocenters. The minimum atomic E-state index is -4.65. The maximum atomic E-state index is 15.1. The molecule has 0 bridgehead atoms. The van der Waals surface area contributed by atoms with E-state index in [1.165, 1.54) is 17.7 Å². The molecule has 0 spiro atoms. The number of alkyl halides is 4. The molecule has 2 aliphatic rings. The average Bonchev–Trinajstić information content (AvgIpc) is 3.14. The fourth-order valence-corrected chi connectivity index (χ4v) is 4.34. The number of fused-ring (bicyclic) bond motifs is 1. The van der Waals surface area contributed by atoms with Gasteiger partial charge in [-0.2, -0.15) is 18.3 Å². The highest BCUT2D eigenvalue weighted by atomic mass is 19.4. The van der Waals surface area contributed by atoms with Crippen LogP contribution in [0.25, 0.3) is 5.65 Å². The second kappa shape index (κ2) is 8.91. The molecule has 3 aromatic heterocycles. The van der Waals surface area contributed by atoms with Crippen molar-refractivity contribution in [1.82, 2.24) is 29.9 Å². The first-order valence-electron chi connectivity index (χ1n) is 11.4. The van der Waals surface area contributed by atoms with Crippen LogP contribution in [0.4, 0.5) is 34.1 Å². The van der Waals surface area contributed by atoms with Crippen LogP contribution >= 0.6 is 0 Å². The molecule has 0 aromatic carbocycles. The highest BCUT2D eigenvalue weighted by molar-refractivity contribution is 5.69. The molecule has 2 saturated carbocycles. The number of H-pyrrole nitrogens is 1. The predicted octanol–water partition coefficient (Wildman–Crippen LogP) is 4.22. The quantitative estimate of drug-likeness (QED) is 0.407. The molecule has 2 fully saturated rings. The van der Waals surface area contributed by atoms with E-state index in [1.807, 2.05) is 6.92 Å². The fourth-order valence-electron chi connectivity index (χ4n) is 4.34. The summed E-state index contributed by atoms with van der Waals surface area (Å²) in [6, 6.07) is 1.56. The van der Waals surface area contributed by atoms with Gasteiger partial charge < -0.3 is 20.1 Å². The molecule has 0 radical (unpaired) electrons. The van der Waals surface area contributed by atoms with E-state index in [0.717, 1.165) is 12.8 Å². The van der Waals surface area contributed by atoms with Gasteiger partial charge >= 0.3 is 12.3 Å². The molecule has 3 N–H and O–H groups in total. The van der Waals surface area contributed by atoms with Crippen molar-refractivity contribution < 1.29 is 31.8 Å². The number of ether oxygens (including phenoxy) is 2. The maximum absolute atomic E-state index is 15.1. The Morgan fingerprint density at radius 3 is 2.81 bits per heavy atom. The van der Waals surface area contributed by atoms with Gasteiger partial charge in [-0.15, -0.1) is 0 Å². The van der Waals surface area contributed by atoms with Gasteiger partial charge in [-0.1, -0.05) is 0 Å². The Morgan fingerprint density at radius 1 is 1.33 bits per heavy atom. The summed E-state index contributed by atoms with van der Waals surface area (Å²) >= 11 is 0. The molecule has 2 aliphatic carbocycles. The number of nitrogens with one attached hydrogen (secondary N) is 3. The van der Waals surface area contributed by atoms with Crippen molar-refractivity contribution in [2.45, 2.75) is 69.1 Å². The highest BCUT2D eigenvalue weighted by Gasteiger charge is 2.43. The Kier molecular flexibility index (Phi) is 6.01. The Balaban J connectivity index is 1.31. The van der Waals surface area contributed by atoms with Gasteiger partial charge in [0.05, 0.1) is 12.3 Å². The number of amides is 1.